The van der Waals surface area contributed by atoms with Crippen molar-refractivity contribution >= 4 is 18.6 Å². The number of hydrogen-bond acceptors (Lipinski definition) is 3. The minimum Gasteiger partial charge on any atom is -0.466 e. The second kappa shape index (κ2) is 6.53. The van der Waals surface area contributed by atoms with Gasteiger partial charge in [-0.15, -0.1) is 0 Å². The van der Waals surface area contributed by atoms with Crippen molar-refractivity contribution < 1.29 is 9.53 Å². The summed E-state index contributed by atoms with van der Waals surface area (Å²) in [7, 11) is 0. The van der Waals surface area contributed by atoms with E-state index in [1.165, 1.54) is 0 Å². The molecule has 0 aromatic carbocycles. The van der Waals surface area contributed by atoms with Gasteiger partial charge in [0.25, 0.3) is 0 Å². The van der Waals surface area contributed by atoms with E-state index in [2.05, 4.69) is 19.6 Å². The van der Waals surface area contributed by atoms with Crippen LogP contribution in [-0.2, 0) is 9.53 Å². The number of hydrogen-bond donors (Lipinski definition) is 1. The molecule has 66 valence electrons. The molecule has 1 atom stereocenters. The van der Waals surface area contributed by atoms with Crippen LogP contribution in [0.15, 0.2) is 0 Å². The topological polar surface area (TPSA) is 26.3 Å². The Labute approximate surface area is 73.7 Å². The van der Waals surface area contributed by atoms with Gasteiger partial charge in [0.1, 0.15) is 0 Å². The Kier molecular flexibility index (Phi) is 6.42. The lowest BCUT2D eigenvalue weighted by atomic mass is 10.2. The molecular weight excluding hydrogens is 160 g/mol. The maximum absolute atomic E-state index is 10.8. The second-order valence-corrected chi connectivity index (χ2v) is 3.14. The molecule has 1 unspecified atom stereocenters. The SMILES string of the molecule is CCOC(=O)CCC(S)CC. The monoisotopic (exact) mass is 176 g/mol. The predicted molar refractivity (Wildman–Crippen MR) is 48.9 cm³/mol. The first-order valence-corrected chi connectivity index (χ1v) is 4.56. The molecule has 2 nitrogen and oxygen atoms in total. The molecule has 11 heavy (non-hydrogen) atoms. The van der Waals surface area contributed by atoms with Gasteiger partial charge in [0, 0.05) is 11.7 Å². The maximum atomic E-state index is 10.8. The summed E-state index contributed by atoms with van der Waals surface area (Å²) in [6.07, 6.45) is 2.32. The first kappa shape index (κ1) is 10.8. The number of thiol groups is 1. The fourth-order valence-corrected chi connectivity index (χ4v) is 0.851. The van der Waals surface area contributed by atoms with Crippen molar-refractivity contribution in [3.8, 4) is 0 Å². The van der Waals surface area contributed by atoms with E-state index in [1.807, 2.05) is 6.92 Å². The molecule has 0 saturated carbocycles. The third-order valence-corrected chi connectivity index (χ3v) is 2.08. The highest BCUT2D eigenvalue weighted by atomic mass is 32.1. The normalized spacial score (nSPS) is 12.6. The summed E-state index contributed by atoms with van der Waals surface area (Å²) < 4.78 is 4.76. The van der Waals surface area contributed by atoms with Gasteiger partial charge in [-0.2, -0.15) is 12.6 Å². The quantitative estimate of drug-likeness (QED) is 0.512. The van der Waals surface area contributed by atoms with Gasteiger partial charge >= 0.3 is 5.97 Å². The van der Waals surface area contributed by atoms with Crippen LogP contribution < -0.4 is 0 Å². The largest absolute Gasteiger partial charge is 0.466 e. The van der Waals surface area contributed by atoms with Gasteiger partial charge in [0.15, 0.2) is 0 Å². The van der Waals surface area contributed by atoms with E-state index in [-0.39, 0.29) is 5.97 Å². The molecule has 0 amide bonds. The molecule has 0 aliphatic rings. The third kappa shape index (κ3) is 6.23. The number of rotatable bonds is 5. The average Bonchev–Trinajstić information content (AvgIpc) is 2.01. The number of ether oxygens (including phenoxy) is 1. The molecule has 0 saturated heterocycles. The molecule has 0 spiro atoms. The van der Waals surface area contributed by atoms with Gasteiger partial charge in [-0.3, -0.25) is 4.79 Å². The van der Waals surface area contributed by atoms with Crippen LogP contribution in [0.5, 0.6) is 0 Å². The van der Waals surface area contributed by atoms with Crippen LogP contribution >= 0.6 is 12.6 Å². The van der Waals surface area contributed by atoms with Crippen molar-refractivity contribution in [3.63, 3.8) is 0 Å². The summed E-state index contributed by atoms with van der Waals surface area (Å²) in [4.78, 5) is 10.8. The highest BCUT2D eigenvalue weighted by molar-refractivity contribution is 7.80. The van der Waals surface area contributed by atoms with Crippen LogP contribution in [0.3, 0.4) is 0 Å². The van der Waals surface area contributed by atoms with Crippen LogP contribution in [0.1, 0.15) is 33.1 Å². The van der Waals surface area contributed by atoms with Gasteiger partial charge < -0.3 is 4.74 Å². The van der Waals surface area contributed by atoms with Crippen LogP contribution in [0.2, 0.25) is 0 Å². The molecule has 0 aliphatic carbocycles. The van der Waals surface area contributed by atoms with Crippen molar-refractivity contribution in [1.29, 1.82) is 0 Å². The molecule has 0 fully saturated rings. The van der Waals surface area contributed by atoms with E-state index in [9.17, 15) is 4.79 Å². The Balaban J connectivity index is 3.30. The van der Waals surface area contributed by atoms with E-state index in [1.54, 1.807) is 0 Å². The summed E-state index contributed by atoms with van der Waals surface area (Å²) in [6, 6.07) is 0. The molecule has 0 heterocycles. The van der Waals surface area contributed by atoms with Crippen LogP contribution in [-0.4, -0.2) is 17.8 Å². The standard InChI is InChI=1S/C8H16O2S/c1-3-7(11)5-6-8(9)10-4-2/h7,11H,3-6H2,1-2H3. The summed E-state index contributed by atoms with van der Waals surface area (Å²) in [6.45, 7) is 4.35. The highest BCUT2D eigenvalue weighted by Gasteiger charge is 2.05. The van der Waals surface area contributed by atoms with E-state index >= 15 is 0 Å². The van der Waals surface area contributed by atoms with Gasteiger partial charge in [-0.25, -0.2) is 0 Å². The minimum absolute atomic E-state index is 0.111. The van der Waals surface area contributed by atoms with E-state index in [0.717, 1.165) is 12.8 Å². The van der Waals surface area contributed by atoms with Crippen molar-refractivity contribution in [2.75, 3.05) is 6.61 Å². The molecule has 0 aliphatic heterocycles. The van der Waals surface area contributed by atoms with E-state index in [4.69, 9.17) is 4.74 Å². The molecule has 0 radical (unpaired) electrons. The number of carbonyl (C=O) groups is 1. The Morgan fingerprint density at radius 1 is 1.55 bits per heavy atom. The summed E-state index contributed by atoms with van der Waals surface area (Å²) in [5.74, 6) is -0.111. The van der Waals surface area contributed by atoms with Crippen LogP contribution in [0.4, 0.5) is 0 Å². The first-order valence-electron chi connectivity index (χ1n) is 4.04. The molecular formula is C8H16O2S. The number of esters is 1. The lowest BCUT2D eigenvalue weighted by Crippen LogP contribution is -2.07. The lowest BCUT2D eigenvalue weighted by Gasteiger charge is -2.05. The van der Waals surface area contributed by atoms with Crippen LogP contribution in [0, 0.1) is 0 Å². The van der Waals surface area contributed by atoms with Gasteiger partial charge in [-0.05, 0) is 19.8 Å². The van der Waals surface area contributed by atoms with Crippen molar-refractivity contribution in [1.82, 2.24) is 0 Å². The fourth-order valence-electron chi connectivity index (χ4n) is 0.722. The number of carbonyl (C=O) groups excluding carboxylic acids is 1. The molecule has 0 aromatic heterocycles. The van der Waals surface area contributed by atoms with Crippen molar-refractivity contribution in [2.45, 2.75) is 38.4 Å². The van der Waals surface area contributed by atoms with E-state index in [0.29, 0.717) is 18.3 Å². The summed E-state index contributed by atoms with van der Waals surface area (Å²) in [5, 5.41) is 0.333. The second-order valence-electron chi connectivity index (χ2n) is 2.41. The third-order valence-electron chi connectivity index (χ3n) is 1.46. The zero-order valence-electron chi connectivity index (χ0n) is 7.17. The average molecular weight is 176 g/mol. The Hall–Kier alpha value is -0.180. The Morgan fingerprint density at radius 3 is 2.64 bits per heavy atom. The van der Waals surface area contributed by atoms with Gasteiger partial charge in [0.2, 0.25) is 0 Å². The molecule has 0 N–H and O–H groups in total. The molecule has 0 rings (SSSR count). The Bertz CT molecular complexity index is 115. The summed E-state index contributed by atoms with van der Waals surface area (Å²) >= 11 is 4.27. The van der Waals surface area contributed by atoms with Crippen LogP contribution in [0.25, 0.3) is 0 Å². The highest BCUT2D eigenvalue weighted by Crippen LogP contribution is 2.08. The molecule has 3 heteroatoms. The minimum atomic E-state index is -0.111. The van der Waals surface area contributed by atoms with Crippen molar-refractivity contribution in [2.24, 2.45) is 0 Å². The van der Waals surface area contributed by atoms with Crippen molar-refractivity contribution in [3.05, 3.63) is 0 Å². The molecule has 0 aromatic rings. The van der Waals surface area contributed by atoms with Gasteiger partial charge in [0.05, 0.1) is 6.61 Å². The Morgan fingerprint density at radius 2 is 2.18 bits per heavy atom. The van der Waals surface area contributed by atoms with E-state index < -0.39 is 0 Å². The smallest absolute Gasteiger partial charge is 0.305 e. The van der Waals surface area contributed by atoms with Gasteiger partial charge in [-0.1, -0.05) is 6.92 Å². The fraction of sp³-hybridized carbons (Fsp3) is 0.875. The first-order chi connectivity index (χ1) is 5.20. The summed E-state index contributed by atoms with van der Waals surface area (Å²) in [5.41, 5.74) is 0. The lowest BCUT2D eigenvalue weighted by molar-refractivity contribution is -0.143. The zero-order chi connectivity index (χ0) is 8.69. The molecule has 0 bridgehead atoms. The predicted octanol–water partition coefficient (Wildman–Crippen LogP) is 2.04. The maximum Gasteiger partial charge on any atom is 0.305 e. The zero-order valence-corrected chi connectivity index (χ0v) is 8.06.